The Bertz CT molecular complexity index is 1160. The minimum atomic E-state index is -4.19. The summed E-state index contributed by atoms with van der Waals surface area (Å²) in [5.41, 5.74) is 1.90. The first kappa shape index (κ1) is 20.5. The van der Waals surface area contributed by atoms with Crippen molar-refractivity contribution in [3.8, 4) is 0 Å². The van der Waals surface area contributed by atoms with Crippen LogP contribution in [0.1, 0.15) is 16.7 Å². The summed E-state index contributed by atoms with van der Waals surface area (Å²) >= 11 is 0. The average Bonchev–Trinajstić information content (AvgIpc) is 2.69. The molecule has 0 N–H and O–H groups in total. The molecule has 29 heavy (non-hydrogen) atoms. The Morgan fingerprint density at radius 2 is 1.69 bits per heavy atom. The van der Waals surface area contributed by atoms with Crippen LogP contribution in [0.2, 0.25) is 0 Å². The van der Waals surface area contributed by atoms with Crippen molar-refractivity contribution in [3.05, 3.63) is 99.4 Å². The molecule has 3 aromatic rings. The zero-order chi connectivity index (χ0) is 21.2. The van der Waals surface area contributed by atoms with Gasteiger partial charge >= 0.3 is 0 Å². The normalized spacial score (nSPS) is 11.3. The standard InChI is InChI=1S/C21H19FN2O4S/c1-15-6-9-17(10-7-15)14-23(18-11-8-16(2)21(22)13-18)29(27,28)20-5-3-4-19(12-20)24(25)26/h3-13H,14H2,1-2H3. The van der Waals surface area contributed by atoms with Crippen molar-refractivity contribution in [1.29, 1.82) is 0 Å². The Labute approximate surface area is 168 Å². The van der Waals surface area contributed by atoms with Gasteiger partial charge in [0.1, 0.15) is 5.82 Å². The molecule has 0 saturated heterocycles. The van der Waals surface area contributed by atoms with E-state index < -0.39 is 20.8 Å². The number of nitrogens with zero attached hydrogens (tertiary/aromatic N) is 2. The van der Waals surface area contributed by atoms with Gasteiger partial charge in [-0.1, -0.05) is 42.0 Å². The van der Waals surface area contributed by atoms with Crippen LogP contribution in [0.3, 0.4) is 0 Å². The van der Waals surface area contributed by atoms with Crippen LogP contribution in [0, 0.1) is 29.8 Å². The maximum atomic E-state index is 14.2. The second-order valence-corrected chi connectivity index (χ2v) is 8.55. The molecular weight excluding hydrogens is 395 g/mol. The van der Waals surface area contributed by atoms with E-state index in [1.165, 1.54) is 30.3 Å². The molecule has 3 rings (SSSR count). The molecule has 0 atom stereocenters. The lowest BCUT2D eigenvalue weighted by atomic mass is 10.1. The largest absolute Gasteiger partial charge is 0.270 e. The lowest BCUT2D eigenvalue weighted by Crippen LogP contribution is -2.30. The number of nitro benzene ring substituents is 1. The van der Waals surface area contributed by atoms with Crippen molar-refractivity contribution in [2.24, 2.45) is 0 Å². The highest BCUT2D eigenvalue weighted by atomic mass is 32.2. The van der Waals surface area contributed by atoms with Gasteiger partial charge < -0.3 is 0 Å². The number of halogens is 1. The summed E-state index contributed by atoms with van der Waals surface area (Å²) in [7, 11) is -4.19. The van der Waals surface area contributed by atoms with Gasteiger partial charge in [-0.3, -0.25) is 14.4 Å². The molecule has 0 aliphatic heterocycles. The van der Waals surface area contributed by atoms with Gasteiger partial charge in [-0.15, -0.1) is 0 Å². The Morgan fingerprint density at radius 1 is 1.00 bits per heavy atom. The van der Waals surface area contributed by atoms with Crippen LogP contribution in [0.25, 0.3) is 0 Å². The third-order valence-electron chi connectivity index (χ3n) is 4.51. The van der Waals surface area contributed by atoms with Gasteiger partial charge in [-0.2, -0.15) is 0 Å². The molecule has 150 valence electrons. The number of hydrogen-bond donors (Lipinski definition) is 0. The summed E-state index contributed by atoms with van der Waals surface area (Å²) in [5, 5.41) is 11.1. The summed E-state index contributed by atoms with van der Waals surface area (Å²) in [5.74, 6) is -0.536. The zero-order valence-electron chi connectivity index (χ0n) is 15.9. The van der Waals surface area contributed by atoms with Crippen LogP contribution in [-0.2, 0) is 16.6 Å². The lowest BCUT2D eigenvalue weighted by Gasteiger charge is -2.25. The fraction of sp³-hybridized carbons (Fsp3) is 0.143. The maximum absolute atomic E-state index is 14.2. The fourth-order valence-electron chi connectivity index (χ4n) is 2.80. The number of hydrogen-bond acceptors (Lipinski definition) is 4. The second kappa shape index (κ2) is 8.00. The predicted molar refractivity (Wildman–Crippen MR) is 109 cm³/mol. The summed E-state index contributed by atoms with van der Waals surface area (Å²) in [6.45, 7) is 3.45. The van der Waals surface area contributed by atoms with E-state index in [0.717, 1.165) is 22.0 Å². The Kier molecular flexibility index (Phi) is 5.65. The quantitative estimate of drug-likeness (QED) is 0.431. The van der Waals surface area contributed by atoms with Crippen molar-refractivity contribution in [2.45, 2.75) is 25.3 Å². The molecule has 0 fully saturated rings. The van der Waals surface area contributed by atoms with E-state index in [2.05, 4.69) is 0 Å². The lowest BCUT2D eigenvalue weighted by molar-refractivity contribution is -0.385. The van der Waals surface area contributed by atoms with E-state index in [4.69, 9.17) is 0 Å². The number of nitro groups is 1. The summed E-state index contributed by atoms with van der Waals surface area (Å²) in [4.78, 5) is 10.2. The number of benzene rings is 3. The predicted octanol–water partition coefficient (Wildman–Crippen LogP) is 4.75. The third kappa shape index (κ3) is 4.43. The summed E-state index contributed by atoms with van der Waals surface area (Å²) in [6.07, 6.45) is 0. The zero-order valence-corrected chi connectivity index (χ0v) is 16.7. The smallest absolute Gasteiger partial charge is 0.262 e. The highest BCUT2D eigenvalue weighted by molar-refractivity contribution is 7.92. The molecular formula is C21H19FN2O4S. The molecule has 0 bridgehead atoms. The molecule has 8 heteroatoms. The molecule has 0 aromatic heterocycles. The summed E-state index contributed by atoms with van der Waals surface area (Å²) in [6, 6.07) is 16.3. The number of anilines is 1. The molecule has 0 amide bonds. The molecule has 0 heterocycles. The number of non-ortho nitro benzene ring substituents is 1. The highest BCUT2D eigenvalue weighted by Gasteiger charge is 2.27. The van der Waals surface area contributed by atoms with Crippen molar-refractivity contribution in [2.75, 3.05) is 4.31 Å². The van der Waals surface area contributed by atoms with Gasteiger partial charge in [-0.05, 0) is 43.2 Å². The minimum absolute atomic E-state index is 0.0478. The van der Waals surface area contributed by atoms with Gasteiger partial charge in [0, 0.05) is 12.1 Å². The van der Waals surface area contributed by atoms with E-state index in [1.807, 2.05) is 19.1 Å². The van der Waals surface area contributed by atoms with Crippen LogP contribution in [0.4, 0.5) is 15.8 Å². The first-order valence-electron chi connectivity index (χ1n) is 8.77. The molecule has 0 radical (unpaired) electrons. The van der Waals surface area contributed by atoms with Gasteiger partial charge in [0.05, 0.1) is 22.1 Å². The molecule has 3 aromatic carbocycles. The topological polar surface area (TPSA) is 80.5 Å². The minimum Gasteiger partial charge on any atom is -0.262 e. The number of aryl methyl sites for hydroxylation is 2. The molecule has 0 unspecified atom stereocenters. The summed E-state index contributed by atoms with van der Waals surface area (Å²) < 4.78 is 41.9. The van der Waals surface area contributed by atoms with Crippen molar-refractivity contribution >= 4 is 21.4 Å². The number of rotatable bonds is 6. The van der Waals surface area contributed by atoms with Crippen molar-refractivity contribution in [1.82, 2.24) is 0 Å². The van der Waals surface area contributed by atoms with E-state index in [9.17, 15) is 22.9 Å². The Balaban J connectivity index is 2.12. The van der Waals surface area contributed by atoms with E-state index >= 15 is 0 Å². The molecule has 6 nitrogen and oxygen atoms in total. The molecule has 0 aliphatic rings. The van der Waals surface area contributed by atoms with Gasteiger partial charge in [0.25, 0.3) is 15.7 Å². The first-order valence-corrected chi connectivity index (χ1v) is 10.2. The van der Waals surface area contributed by atoms with Crippen LogP contribution in [-0.4, -0.2) is 13.3 Å². The van der Waals surface area contributed by atoms with E-state index in [0.29, 0.717) is 11.1 Å². The second-order valence-electron chi connectivity index (χ2n) is 6.69. The van der Waals surface area contributed by atoms with Gasteiger partial charge in [0.2, 0.25) is 0 Å². The highest BCUT2D eigenvalue weighted by Crippen LogP contribution is 2.29. The Morgan fingerprint density at radius 3 is 2.31 bits per heavy atom. The SMILES string of the molecule is Cc1ccc(CN(c2ccc(C)c(F)c2)S(=O)(=O)c2cccc([N+](=O)[O-])c2)cc1. The monoisotopic (exact) mass is 414 g/mol. The Hall–Kier alpha value is -3.26. The molecule has 0 saturated carbocycles. The molecule has 0 spiro atoms. The van der Waals surface area contributed by atoms with Crippen molar-refractivity contribution < 1.29 is 17.7 Å². The number of sulfonamides is 1. The third-order valence-corrected chi connectivity index (χ3v) is 6.28. The van der Waals surface area contributed by atoms with Crippen LogP contribution in [0.5, 0.6) is 0 Å². The van der Waals surface area contributed by atoms with Crippen molar-refractivity contribution in [3.63, 3.8) is 0 Å². The van der Waals surface area contributed by atoms with E-state index in [1.54, 1.807) is 19.1 Å². The van der Waals surface area contributed by atoms with E-state index in [-0.39, 0.29) is 22.8 Å². The molecule has 0 aliphatic carbocycles. The van der Waals surface area contributed by atoms with Crippen LogP contribution < -0.4 is 4.31 Å². The van der Waals surface area contributed by atoms with Crippen LogP contribution >= 0.6 is 0 Å². The maximum Gasteiger partial charge on any atom is 0.270 e. The first-order chi connectivity index (χ1) is 13.7. The fourth-order valence-corrected chi connectivity index (χ4v) is 4.28. The van der Waals surface area contributed by atoms with Crippen LogP contribution in [0.15, 0.2) is 71.6 Å². The van der Waals surface area contributed by atoms with Gasteiger partial charge in [0.15, 0.2) is 0 Å². The average molecular weight is 414 g/mol. The van der Waals surface area contributed by atoms with Gasteiger partial charge in [-0.25, -0.2) is 12.8 Å².